The minimum atomic E-state index is -0.109. The Hall–Kier alpha value is -2.57. The second-order valence-electron chi connectivity index (χ2n) is 8.34. The summed E-state index contributed by atoms with van der Waals surface area (Å²) in [5.74, 6) is 1.34. The molecule has 7 heteroatoms. The number of hydrogen-bond acceptors (Lipinski definition) is 3. The molecule has 1 fully saturated rings. The zero-order valence-corrected chi connectivity index (χ0v) is 18.8. The maximum absolute atomic E-state index is 12.6. The number of rotatable bonds is 9. The first-order chi connectivity index (χ1) is 14.4. The van der Waals surface area contributed by atoms with E-state index in [1.54, 1.807) is 4.90 Å². The van der Waals surface area contributed by atoms with Crippen LogP contribution in [-0.4, -0.2) is 54.9 Å². The Morgan fingerprint density at radius 1 is 1.20 bits per heavy atom. The van der Waals surface area contributed by atoms with Crippen molar-refractivity contribution >= 4 is 17.8 Å². The van der Waals surface area contributed by atoms with Crippen LogP contribution in [0.4, 0.5) is 0 Å². The molecule has 3 N–H and O–H groups in total. The predicted octanol–water partition coefficient (Wildman–Crippen LogP) is 2.53. The van der Waals surface area contributed by atoms with Gasteiger partial charge in [-0.2, -0.15) is 0 Å². The van der Waals surface area contributed by atoms with Crippen molar-refractivity contribution in [1.29, 1.82) is 0 Å². The third kappa shape index (κ3) is 8.05. The highest BCUT2D eigenvalue weighted by Crippen LogP contribution is 2.11. The van der Waals surface area contributed by atoms with Gasteiger partial charge in [-0.05, 0) is 43.9 Å². The van der Waals surface area contributed by atoms with E-state index in [1.165, 1.54) is 12.8 Å². The molecule has 2 amide bonds. The molecule has 2 rings (SSSR count). The highest BCUT2D eigenvalue weighted by atomic mass is 16.2. The number of aliphatic imine (C=N–C) groups is 1. The van der Waals surface area contributed by atoms with Crippen LogP contribution in [0.15, 0.2) is 29.3 Å². The van der Waals surface area contributed by atoms with Crippen LogP contribution in [-0.2, 0) is 11.3 Å². The Balaban J connectivity index is 1.90. The summed E-state index contributed by atoms with van der Waals surface area (Å²) >= 11 is 0. The van der Waals surface area contributed by atoms with Crippen molar-refractivity contribution in [2.75, 3.05) is 26.2 Å². The van der Waals surface area contributed by atoms with Gasteiger partial charge >= 0.3 is 0 Å². The molecular formula is C23H37N5O2. The van der Waals surface area contributed by atoms with Crippen molar-refractivity contribution in [1.82, 2.24) is 20.9 Å². The topological polar surface area (TPSA) is 85.8 Å². The van der Waals surface area contributed by atoms with Gasteiger partial charge in [0.1, 0.15) is 0 Å². The third-order valence-corrected chi connectivity index (χ3v) is 5.09. The number of guanidine groups is 1. The minimum Gasteiger partial charge on any atom is -0.357 e. The van der Waals surface area contributed by atoms with E-state index in [1.807, 2.05) is 24.3 Å². The number of hydrogen-bond donors (Lipinski definition) is 3. The van der Waals surface area contributed by atoms with Gasteiger partial charge in [-0.3, -0.25) is 9.59 Å². The molecule has 1 saturated heterocycles. The van der Waals surface area contributed by atoms with Crippen molar-refractivity contribution in [3.05, 3.63) is 35.4 Å². The molecule has 0 bridgehead atoms. The predicted molar refractivity (Wildman–Crippen MR) is 121 cm³/mol. The smallest absolute Gasteiger partial charge is 0.254 e. The van der Waals surface area contributed by atoms with E-state index in [0.717, 1.165) is 30.4 Å². The molecular weight excluding hydrogens is 378 g/mol. The van der Waals surface area contributed by atoms with Crippen molar-refractivity contribution in [3.63, 3.8) is 0 Å². The van der Waals surface area contributed by atoms with Gasteiger partial charge in [-0.1, -0.05) is 38.8 Å². The SMILES string of the molecule is CCNC(=NCc1ccc(C(=O)N2CCNC(=O)C2)cc1)NC(C)CCCC(C)C. The van der Waals surface area contributed by atoms with Crippen molar-refractivity contribution in [2.24, 2.45) is 10.9 Å². The molecule has 1 aromatic rings. The van der Waals surface area contributed by atoms with E-state index in [2.05, 4.69) is 48.6 Å². The van der Waals surface area contributed by atoms with Gasteiger partial charge in [-0.15, -0.1) is 0 Å². The van der Waals surface area contributed by atoms with E-state index in [0.29, 0.717) is 31.2 Å². The van der Waals surface area contributed by atoms with Gasteiger partial charge in [0.25, 0.3) is 5.91 Å². The first kappa shape index (κ1) is 23.7. The molecule has 0 aromatic heterocycles. The lowest BCUT2D eigenvalue weighted by Gasteiger charge is -2.26. The highest BCUT2D eigenvalue weighted by molar-refractivity contribution is 5.97. The van der Waals surface area contributed by atoms with Gasteiger partial charge in [0.15, 0.2) is 5.96 Å². The molecule has 30 heavy (non-hydrogen) atoms. The number of carbonyl (C=O) groups excluding carboxylic acids is 2. The summed E-state index contributed by atoms with van der Waals surface area (Å²) in [6, 6.07) is 7.85. The molecule has 0 saturated carbocycles. The van der Waals surface area contributed by atoms with Gasteiger partial charge in [-0.25, -0.2) is 4.99 Å². The van der Waals surface area contributed by atoms with Crippen molar-refractivity contribution < 1.29 is 9.59 Å². The van der Waals surface area contributed by atoms with E-state index in [4.69, 9.17) is 0 Å². The average Bonchev–Trinajstić information content (AvgIpc) is 2.72. The van der Waals surface area contributed by atoms with E-state index < -0.39 is 0 Å². The molecule has 1 atom stereocenters. The molecule has 1 heterocycles. The fourth-order valence-corrected chi connectivity index (χ4v) is 3.38. The van der Waals surface area contributed by atoms with E-state index in [9.17, 15) is 9.59 Å². The summed E-state index contributed by atoms with van der Waals surface area (Å²) in [5, 5.41) is 9.51. The lowest BCUT2D eigenvalue weighted by Crippen LogP contribution is -2.49. The van der Waals surface area contributed by atoms with Crippen LogP contribution in [0.1, 0.15) is 62.9 Å². The maximum Gasteiger partial charge on any atom is 0.254 e. The molecule has 0 spiro atoms. The van der Waals surface area contributed by atoms with Crippen LogP contribution >= 0.6 is 0 Å². The zero-order valence-electron chi connectivity index (χ0n) is 18.8. The maximum atomic E-state index is 12.6. The highest BCUT2D eigenvalue weighted by Gasteiger charge is 2.22. The average molecular weight is 416 g/mol. The quantitative estimate of drug-likeness (QED) is 0.427. The van der Waals surface area contributed by atoms with Gasteiger partial charge in [0.2, 0.25) is 5.91 Å². The van der Waals surface area contributed by atoms with Crippen LogP contribution in [0, 0.1) is 5.92 Å². The summed E-state index contributed by atoms with van der Waals surface area (Å²) in [5.41, 5.74) is 1.63. The monoisotopic (exact) mass is 415 g/mol. The number of piperazine rings is 1. The lowest BCUT2D eigenvalue weighted by atomic mass is 10.0. The lowest BCUT2D eigenvalue weighted by molar-refractivity contribution is -0.123. The second kappa shape index (κ2) is 12.2. The first-order valence-corrected chi connectivity index (χ1v) is 11.1. The summed E-state index contributed by atoms with van der Waals surface area (Å²) < 4.78 is 0. The molecule has 7 nitrogen and oxygen atoms in total. The van der Waals surface area contributed by atoms with Gasteiger partial charge in [0.05, 0.1) is 13.1 Å². The molecule has 1 unspecified atom stereocenters. The molecule has 0 radical (unpaired) electrons. The Labute approximate surface area is 180 Å². The summed E-state index contributed by atoms with van der Waals surface area (Å²) in [6.45, 7) is 11.3. The van der Waals surface area contributed by atoms with Gasteiger partial charge in [0, 0.05) is 31.2 Å². The van der Waals surface area contributed by atoms with Crippen molar-refractivity contribution in [3.8, 4) is 0 Å². The fraction of sp³-hybridized carbons (Fsp3) is 0.609. The standard InChI is InChI=1S/C23H37N5O2/c1-5-24-23(27-18(4)8-6-7-17(2)3)26-15-19-9-11-20(12-10-19)22(30)28-14-13-25-21(29)16-28/h9-12,17-18H,5-8,13-16H2,1-4H3,(H,25,29)(H2,24,26,27). The Morgan fingerprint density at radius 3 is 2.57 bits per heavy atom. The van der Waals surface area contributed by atoms with Crippen molar-refractivity contribution in [2.45, 2.75) is 59.5 Å². The molecule has 1 aromatic carbocycles. The number of carbonyl (C=O) groups is 2. The number of nitrogens with one attached hydrogen (secondary N) is 3. The number of benzene rings is 1. The largest absolute Gasteiger partial charge is 0.357 e. The normalized spacial score (nSPS) is 15.7. The first-order valence-electron chi connectivity index (χ1n) is 11.1. The number of nitrogens with zero attached hydrogens (tertiary/aromatic N) is 2. The van der Waals surface area contributed by atoms with Crippen LogP contribution in [0.2, 0.25) is 0 Å². The Morgan fingerprint density at radius 2 is 1.93 bits per heavy atom. The Bertz CT molecular complexity index is 715. The third-order valence-electron chi connectivity index (χ3n) is 5.09. The Kier molecular flexibility index (Phi) is 9.64. The van der Waals surface area contributed by atoms with Crippen LogP contribution in [0.3, 0.4) is 0 Å². The second-order valence-corrected chi connectivity index (χ2v) is 8.34. The van der Waals surface area contributed by atoms with E-state index in [-0.39, 0.29) is 18.4 Å². The fourth-order valence-electron chi connectivity index (χ4n) is 3.38. The van der Waals surface area contributed by atoms with Gasteiger partial charge < -0.3 is 20.9 Å². The summed E-state index contributed by atoms with van der Waals surface area (Å²) in [7, 11) is 0. The van der Waals surface area contributed by atoms with Crippen LogP contribution < -0.4 is 16.0 Å². The molecule has 0 aliphatic carbocycles. The molecule has 1 aliphatic heterocycles. The zero-order chi connectivity index (χ0) is 21.9. The minimum absolute atomic E-state index is 0.106. The van der Waals surface area contributed by atoms with Crippen LogP contribution in [0.25, 0.3) is 0 Å². The number of amides is 2. The summed E-state index contributed by atoms with van der Waals surface area (Å²) in [6.07, 6.45) is 3.57. The molecule has 1 aliphatic rings. The molecule has 166 valence electrons. The van der Waals surface area contributed by atoms with E-state index >= 15 is 0 Å². The summed E-state index contributed by atoms with van der Waals surface area (Å²) in [4.78, 5) is 30.3. The van der Waals surface area contributed by atoms with Crippen LogP contribution in [0.5, 0.6) is 0 Å².